The molecule has 1 saturated carbocycles. The van der Waals surface area contributed by atoms with Crippen LogP contribution in [0.3, 0.4) is 0 Å². The second kappa shape index (κ2) is 8.20. The van der Waals surface area contributed by atoms with Gasteiger partial charge in [-0.05, 0) is 58.8 Å². The zero-order valence-electron chi connectivity index (χ0n) is 14.4. The Morgan fingerprint density at radius 2 is 1.91 bits per heavy atom. The van der Waals surface area contributed by atoms with Gasteiger partial charge in [-0.2, -0.15) is 0 Å². The summed E-state index contributed by atoms with van der Waals surface area (Å²) in [7, 11) is 4.03. The van der Waals surface area contributed by atoms with Gasteiger partial charge in [-0.25, -0.2) is 4.79 Å². The molecule has 1 aromatic rings. The number of benzene rings is 1. The molecule has 0 atom stereocenters. The van der Waals surface area contributed by atoms with E-state index in [-0.39, 0.29) is 5.60 Å². The second-order valence-electron chi connectivity index (χ2n) is 6.43. The topological polar surface area (TPSA) is 50.8 Å². The summed E-state index contributed by atoms with van der Waals surface area (Å²) < 4.78 is 11.4. The Morgan fingerprint density at radius 3 is 2.57 bits per heavy atom. The Bertz CT molecular complexity index is 511. The number of nitrogens with zero attached hydrogens (tertiary/aromatic N) is 1. The highest BCUT2D eigenvalue weighted by Gasteiger charge is 2.36. The number of likely N-dealkylation sites (N-methyl/N-ethyl adjacent to an activating group) is 1. The van der Waals surface area contributed by atoms with Gasteiger partial charge in [0.15, 0.2) is 0 Å². The van der Waals surface area contributed by atoms with E-state index < -0.39 is 6.09 Å². The Kier molecular flexibility index (Phi) is 6.28. The Morgan fingerprint density at radius 1 is 1.22 bits per heavy atom. The summed E-state index contributed by atoms with van der Waals surface area (Å²) in [6.07, 6.45) is 4.87. The first-order valence-electron chi connectivity index (χ1n) is 8.41. The summed E-state index contributed by atoms with van der Waals surface area (Å²) in [5.74, 6) is 0.664. The van der Waals surface area contributed by atoms with Crippen molar-refractivity contribution < 1.29 is 14.3 Å². The van der Waals surface area contributed by atoms with Gasteiger partial charge in [0.05, 0.1) is 12.3 Å². The average Bonchev–Trinajstić information content (AvgIpc) is 2.49. The third kappa shape index (κ3) is 5.13. The van der Waals surface area contributed by atoms with Crippen molar-refractivity contribution in [1.82, 2.24) is 4.90 Å². The molecule has 1 aliphatic carbocycles. The van der Waals surface area contributed by atoms with Crippen LogP contribution in [0.1, 0.15) is 39.0 Å². The fraction of sp³-hybridized carbons (Fsp3) is 0.611. The normalized spacial score (nSPS) is 16.9. The number of nitrogens with one attached hydrogen (secondary N) is 1. The zero-order valence-corrected chi connectivity index (χ0v) is 14.4. The van der Waals surface area contributed by atoms with Gasteiger partial charge in [-0.3, -0.25) is 5.32 Å². The lowest BCUT2D eigenvalue weighted by molar-refractivity contribution is -0.0261. The fourth-order valence-electron chi connectivity index (χ4n) is 3.25. The van der Waals surface area contributed by atoms with Crippen LogP contribution in [0.2, 0.25) is 0 Å². The lowest BCUT2D eigenvalue weighted by Crippen LogP contribution is -2.46. The van der Waals surface area contributed by atoms with Crippen molar-refractivity contribution in [1.29, 1.82) is 0 Å². The number of hydrogen-bond acceptors (Lipinski definition) is 4. The molecule has 0 heterocycles. The molecular formula is C18H28N2O3. The van der Waals surface area contributed by atoms with Crippen LogP contribution in [0, 0.1) is 0 Å². The summed E-state index contributed by atoms with van der Waals surface area (Å²) in [5, 5.41) is 2.84. The van der Waals surface area contributed by atoms with Gasteiger partial charge in [-0.15, -0.1) is 0 Å². The molecule has 0 aromatic heterocycles. The molecule has 1 N–H and O–H groups in total. The smallest absolute Gasteiger partial charge is 0.412 e. The summed E-state index contributed by atoms with van der Waals surface area (Å²) in [6, 6.07) is 7.42. The summed E-state index contributed by atoms with van der Waals surface area (Å²) in [6.45, 7) is 3.23. The molecule has 0 spiro atoms. The first kappa shape index (κ1) is 17.6. The van der Waals surface area contributed by atoms with Crippen LogP contribution in [-0.4, -0.2) is 43.8 Å². The van der Waals surface area contributed by atoms with Crippen LogP contribution >= 0.6 is 0 Å². The molecule has 1 aliphatic rings. The molecule has 128 valence electrons. The van der Waals surface area contributed by atoms with Gasteiger partial charge in [0, 0.05) is 6.54 Å². The predicted molar refractivity (Wildman–Crippen MR) is 92.1 cm³/mol. The quantitative estimate of drug-likeness (QED) is 0.863. The van der Waals surface area contributed by atoms with E-state index in [0.29, 0.717) is 18.0 Å². The molecule has 1 amide bonds. The third-order valence-electron chi connectivity index (χ3n) is 4.10. The molecule has 1 fully saturated rings. The minimum atomic E-state index is -0.402. The Hall–Kier alpha value is -1.75. The van der Waals surface area contributed by atoms with Crippen molar-refractivity contribution in [3.8, 4) is 5.75 Å². The van der Waals surface area contributed by atoms with E-state index in [9.17, 15) is 4.79 Å². The number of carbonyl (C=O) groups is 1. The highest BCUT2D eigenvalue weighted by atomic mass is 16.6. The van der Waals surface area contributed by atoms with Crippen LogP contribution in [0.25, 0.3) is 0 Å². The molecule has 0 radical (unpaired) electrons. The van der Waals surface area contributed by atoms with Gasteiger partial charge in [0.2, 0.25) is 0 Å². The zero-order chi connectivity index (χ0) is 16.7. The van der Waals surface area contributed by atoms with Crippen molar-refractivity contribution >= 4 is 11.8 Å². The lowest BCUT2D eigenvalue weighted by atomic mass is 9.84. The number of para-hydroxylation sites is 2. The van der Waals surface area contributed by atoms with Gasteiger partial charge < -0.3 is 14.4 Å². The largest absolute Gasteiger partial charge is 0.492 e. The first-order chi connectivity index (χ1) is 11.0. The van der Waals surface area contributed by atoms with E-state index in [2.05, 4.69) is 10.2 Å². The van der Waals surface area contributed by atoms with Gasteiger partial charge in [0.1, 0.15) is 11.4 Å². The fourth-order valence-corrected chi connectivity index (χ4v) is 3.25. The molecule has 1 aromatic carbocycles. The highest BCUT2D eigenvalue weighted by Crippen LogP contribution is 2.33. The van der Waals surface area contributed by atoms with Crippen LogP contribution < -0.4 is 10.1 Å². The molecule has 5 heteroatoms. The van der Waals surface area contributed by atoms with E-state index in [1.54, 1.807) is 0 Å². The van der Waals surface area contributed by atoms with Gasteiger partial charge in [-0.1, -0.05) is 18.6 Å². The van der Waals surface area contributed by atoms with Gasteiger partial charge in [0.25, 0.3) is 0 Å². The standard InChI is InChI=1S/C18H28N2O3/c1-4-22-16-11-7-6-10-15(16)19-17(21)23-18(14-20(2)3)12-8-5-9-13-18/h6-7,10-11H,4-5,8-9,12-14H2,1-3H3,(H,19,21). The molecule has 0 bridgehead atoms. The summed E-state index contributed by atoms with van der Waals surface area (Å²) in [5.41, 5.74) is 0.266. The van der Waals surface area contributed by atoms with Crippen molar-refractivity contribution in [2.75, 3.05) is 32.6 Å². The van der Waals surface area contributed by atoms with E-state index in [4.69, 9.17) is 9.47 Å². The monoisotopic (exact) mass is 320 g/mol. The predicted octanol–water partition coefficient (Wildman–Crippen LogP) is 3.90. The summed E-state index contributed by atoms with van der Waals surface area (Å²) in [4.78, 5) is 14.5. The van der Waals surface area contributed by atoms with Crippen molar-refractivity contribution in [3.63, 3.8) is 0 Å². The average molecular weight is 320 g/mol. The SMILES string of the molecule is CCOc1ccccc1NC(=O)OC1(CN(C)C)CCCCC1. The second-order valence-corrected chi connectivity index (χ2v) is 6.43. The van der Waals surface area contributed by atoms with Crippen LogP contribution in [0.5, 0.6) is 5.75 Å². The van der Waals surface area contributed by atoms with E-state index in [0.717, 1.165) is 32.2 Å². The van der Waals surface area contributed by atoms with Crippen molar-refractivity contribution in [2.24, 2.45) is 0 Å². The molecular weight excluding hydrogens is 292 g/mol. The minimum absolute atomic E-state index is 0.383. The molecule has 23 heavy (non-hydrogen) atoms. The maximum Gasteiger partial charge on any atom is 0.412 e. The number of amides is 1. The molecule has 0 saturated heterocycles. The third-order valence-corrected chi connectivity index (χ3v) is 4.10. The van der Waals surface area contributed by atoms with E-state index in [1.165, 1.54) is 6.42 Å². The molecule has 5 nitrogen and oxygen atoms in total. The van der Waals surface area contributed by atoms with Crippen LogP contribution in [-0.2, 0) is 4.74 Å². The maximum absolute atomic E-state index is 12.4. The first-order valence-corrected chi connectivity index (χ1v) is 8.41. The Balaban J connectivity index is 2.04. The number of rotatable bonds is 6. The molecule has 0 unspecified atom stereocenters. The number of anilines is 1. The molecule has 2 rings (SSSR count). The van der Waals surface area contributed by atoms with E-state index in [1.807, 2.05) is 45.3 Å². The maximum atomic E-state index is 12.4. The number of ether oxygens (including phenoxy) is 2. The lowest BCUT2D eigenvalue weighted by Gasteiger charge is -2.38. The van der Waals surface area contributed by atoms with Crippen LogP contribution in [0.4, 0.5) is 10.5 Å². The highest BCUT2D eigenvalue weighted by molar-refractivity contribution is 5.87. The molecule has 0 aliphatic heterocycles. The van der Waals surface area contributed by atoms with Crippen LogP contribution in [0.15, 0.2) is 24.3 Å². The van der Waals surface area contributed by atoms with E-state index >= 15 is 0 Å². The number of hydrogen-bond donors (Lipinski definition) is 1. The van der Waals surface area contributed by atoms with Crippen molar-refractivity contribution in [3.05, 3.63) is 24.3 Å². The number of carbonyl (C=O) groups excluding carboxylic acids is 1. The van der Waals surface area contributed by atoms with Gasteiger partial charge >= 0.3 is 6.09 Å². The summed E-state index contributed by atoms with van der Waals surface area (Å²) >= 11 is 0. The minimum Gasteiger partial charge on any atom is -0.492 e. The Labute approximate surface area is 139 Å². The van der Waals surface area contributed by atoms with Crippen molar-refractivity contribution in [2.45, 2.75) is 44.6 Å².